The number of hydrogen-bond donors (Lipinski definition) is 3. The van der Waals surface area contributed by atoms with E-state index in [-0.39, 0.29) is 25.6 Å². The van der Waals surface area contributed by atoms with Gasteiger partial charge in [0.25, 0.3) is 0 Å². The number of unbranched alkanes of at least 4 members (excludes halogenated alkanes) is 25. The summed E-state index contributed by atoms with van der Waals surface area (Å²) in [6, 6.07) is 0. The number of phosphoric acid groups is 1. The summed E-state index contributed by atoms with van der Waals surface area (Å²) in [5.74, 6) is -0.387. The van der Waals surface area contributed by atoms with E-state index < -0.39 is 33.2 Å². The third-order valence-corrected chi connectivity index (χ3v) is 12.3. The van der Waals surface area contributed by atoms with Gasteiger partial charge in [-0.15, -0.1) is 0 Å². The Kier molecular flexibility index (Phi) is 50.6. The number of esters is 1. The molecule has 0 amide bonds. The highest BCUT2D eigenvalue weighted by atomic mass is 31.2. The molecule has 0 aliphatic rings. The molecule has 0 saturated heterocycles. The molecular weight excluding hydrogens is 848 g/mol. The van der Waals surface area contributed by atoms with Gasteiger partial charge in [-0.3, -0.25) is 13.8 Å². The number of phosphoric ester groups is 1. The number of aliphatic hydroxyl groups is 2. The van der Waals surface area contributed by atoms with Crippen LogP contribution in [0.15, 0.2) is 72.9 Å². The number of aliphatic hydroxyl groups excluding tert-OH is 2. The van der Waals surface area contributed by atoms with Crippen molar-refractivity contribution in [1.82, 2.24) is 0 Å². The van der Waals surface area contributed by atoms with Gasteiger partial charge in [-0.2, -0.15) is 0 Å². The molecule has 0 spiro atoms. The van der Waals surface area contributed by atoms with Crippen molar-refractivity contribution in [2.75, 3.05) is 33.0 Å². The zero-order chi connectivity index (χ0) is 48.1. The number of hydrogen-bond acceptors (Lipinski definition) is 8. The van der Waals surface area contributed by atoms with Gasteiger partial charge in [0.15, 0.2) is 0 Å². The Labute approximate surface area is 405 Å². The molecule has 0 aliphatic heterocycles. The Balaban J connectivity index is 4.07. The molecule has 10 heteroatoms. The van der Waals surface area contributed by atoms with Gasteiger partial charge in [0.05, 0.1) is 26.4 Å². The van der Waals surface area contributed by atoms with Crippen LogP contribution in [-0.2, 0) is 27.9 Å². The molecule has 9 nitrogen and oxygen atoms in total. The van der Waals surface area contributed by atoms with E-state index in [2.05, 4.69) is 86.8 Å². The Bertz CT molecular complexity index is 1260. The molecule has 0 aromatic carbocycles. The molecule has 384 valence electrons. The molecule has 0 fully saturated rings. The van der Waals surface area contributed by atoms with Crippen LogP contribution in [0.2, 0.25) is 0 Å². The highest BCUT2D eigenvalue weighted by Crippen LogP contribution is 2.43. The van der Waals surface area contributed by atoms with Crippen LogP contribution in [-0.4, -0.2) is 66.3 Å². The maximum Gasteiger partial charge on any atom is 0.472 e. The van der Waals surface area contributed by atoms with Crippen LogP contribution in [0.3, 0.4) is 0 Å². The first-order valence-electron chi connectivity index (χ1n) is 26.9. The molecule has 0 bridgehead atoms. The highest BCUT2D eigenvalue weighted by molar-refractivity contribution is 7.47. The minimum atomic E-state index is -4.53. The standard InChI is InChI=1S/C56H101O9P/c1-3-5-7-9-11-13-15-17-19-21-23-25-27-28-30-32-34-36-38-40-42-44-46-48-56(59)65-55(53-64-66(60,61)63-51-54(58)50-57)52-62-49-47-45-43-41-39-37-35-33-31-29-26-24-22-20-18-16-14-12-10-8-6-4-2/h6,8,12,14-15,17-18,20-21,23-24,26,54-55,57-58H,3-5,7,9-11,13,16,19,22,25,27-53H2,1-2H3,(H,60,61)/b8-6-,14-12-,17-15-,20-18-,23-21-,26-24-. The fourth-order valence-corrected chi connectivity index (χ4v) is 8.11. The average molecular weight is 949 g/mol. The van der Waals surface area contributed by atoms with Gasteiger partial charge in [-0.05, 0) is 83.5 Å². The molecule has 0 saturated carbocycles. The second kappa shape index (κ2) is 52.3. The van der Waals surface area contributed by atoms with Crippen molar-refractivity contribution in [3.05, 3.63) is 72.9 Å². The number of allylic oxidation sites excluding steroid dienone is 12. The molecular formula is C56H101O9P. The number of rotatable bonds is 51. The number of carbonyl (C=O) groups is 1. The second-order valence-electron chi connectivity index (χ2n) is 17.9. The van der Waals surface area contributed by atoms with Crippen molar-refractivity contribution < 1.29 is 43.0 Å². The van der Waals surface area contributed by atoms with Crippen LogP contribution >= 0.6 is 7.82 Å². The molecule has 3 atom stereocenters. The van der Waals surface area contributed by atoms with Gasteiger partial charge in [0.1, 0.15) is 12.2 Å². The summed E-state index contributed by atoms with van der Waals surface area (Å²) in [5.41, 5.74) is 0. The number of ether oxygens (including phenoxy) is 2. The molecule has 3 unspecified atom stereocenters. The molecule has 66 heavy (non-hydrogen) atoms. The topological polar surface area (TPSA) is 132 Å². The highest BCUT2D eigenvalue weighted by Gasteiger charge is 2.26. The summed E-state index contributed by atoms with van der Waals surface area (Å²) in [7, 11) is -4.53. The Morgan fingerprint density at radius 2 is 0.864 bits per heavy atom. The zero-order valence-corrected chi connectivity index (χ0v) is 43.3. The summed E-state index contributed by atoms with van der Waals surface area (Å²) in [5, 5.41) is 18.4. The lowest BCUT2D eigenvalue weighted by Crippen LogP contribution is -2.29. The quantitative estimate of drug-likeness (QED) is 0.0236. The predicted molar refractivity (Wildman–Crippen MR) is 279 cm³/mol. The minimum absolute atomic E-state index is 0.0418. The molecule has 0 radical (unpaired) electrons. The summed E-state index contributed by atoms with van der Waals surface area (Å²) in [4.78, 5) is 22.7. The molecule has 0 aromatic rings. The summed E-state index contributed by atoms with van der Waals surface area (Å²) in [6.45, 7) is 3.40. The lowest BCUT2D eigenvalue weighted by atomic mass is 10.0. The van der Waals surface area contributed by atoms with Gasteiger partial charge in [-0.25, -0.2) is 4.57 Å². The van der Waals surface area contributed by atoms with Gasteiger partial charge in [0.2, 0.25) is 0 Å². The predicted octanol–water partition coefficient (Wildman–Crippen LogP) is 16.0. The molecule has 0 heterocycles. The molecule has 0 aromatic heterocycles. The lowest BCUT2D eigenvalue weighted by Gasteiger charge is -2.20. The van der Waals surface area contributed by atoms with Gasteiger partial charge in [-0.1, -0.05) is 215 Å². The van der Waals surface area contributed by atoms with E-state index in [1.165, 1.54) is 135 Å². The number of carbonyl (C=O) groups excluding carboxylic acids is 1. The van der Waals surface area contributed by atoms with E-state index in [1.807, 2.05) is 0 Å². The van der Waals surface area contributed by atoms with E-state index in [4.69, 9.17) is 23.6 Å². The maximum atomic E-state index is 12.7. The van der Waals surface area contributed by atoms with Crippen LogP contribution in [0.1, 0.15) is 232 Å². The Hall–Kier alpha value is -2.10. The van der Waals surface area contributed by atoms with E-state index in [9.17, 15) is 19.4 Å². The third-order valence-electron chi connectivity index (χ3n) is 11.4. The van der Waals surface area contributed by atoms with Gasteiger partial charge >= 0.3 is 13.8 Å². The van der Waals surface area contributed by atoms with Crippen molar-refractivity contribution >= 4 is 13.8 Å². The van der Waals surface area contributed by atoms with E-state index >= 15 is 0 Å². The Morgan fingerprint density at radius 1 is 0.485 bits per heavy atom. The third kappa shape index (κ3) is 51.3. The summed E-state index contributed by atoms with van der Waals surface area (Å²) in [6.07, 6.45) is 64.4. The lowest BCUT2D eigenvalue weighted by molar-refractivity contribution is -0.154. The summed E-state index contributed by atoms with van der Waals surface area (Å²) < 4.78 is 33.6. The van der Waals surface area contributed by atoms with Crippen LogP contribution in [0.25, 0.3) is 0 Å². The fourth-order valence-electron chi connectivity index (χ4n) is 7.32. The largest absolute Gasteiger partial charge is 0.472 e. The van der Waals surface area contributed by atoms with Crippen molar-refractivity contribution in [3.63, 3.8) is 0 Å². The van der Waals surface area contributed by atoms with E-state index in [0.717, 1.165) is 77.0 Å². The first-order valence-corrected chi connectivity index (χ1v) is 28.4. The summed E-state index contributed by atoms with van der Waals surface area (Å²) >= 11 is 0. The van der Waals surface area contributed by atoms with Crippen LogP contribution in [0, 0.1) is 0 Å². The molecule has 0 rings (SSSR count). The molecule has 3 N–H and O–H groups in total. The van der Waals surface area contributed by atoms with Gasteiger partial charge < -0.3 is 24.6 Å². The van der Waals surface area contributed by atoms with Crippen molar-refractivity contribution in [1.29, 1.82) is 0 Å². The molecule has 0 aliphatic carbocycles. The normalized spacial score (nSPS) is 14.3. The van der Waals surface area contributed by atoms with E-state index in [0.29, 0.717) is 6.61 Å². The van der Waals surface area contributed by atoms with Crippen molar-refractivity contribution in [2.45, 2.75) is 244 Å². The average Bonchev–Trinajstić information content (AvgIpc) is 3.31. The Morgan fingerprint density at radius 3 is 1.30 bits per heavy atom. The van der Waals surface area contributed by atoms with Crippen LogP contribution < -0.4 is 0 Å². The van der Waals surface area contributed by atoms with E-state index in [1.54, 1.807) is 0 Å². The van der Waals surface area contributed by atoms with Crippen molar-refractivity contribution in [2.24, 2.45) is 0 Å². The zero-order valence-electron chi connectivity index (χ0n) is 42.4. The van der Waals surface area contributed by atoms with Crippen LogP contribution in [0.5, 0.6) is 0 Å². The first kappa shape index (κ1) is 63.9. The second-order valence-corrected chi connectivity index (χ2v) is 19.3. The van der Waals surface area contributed by atoms with Crippen LogP contribution in [0.4, 0.5) is 0 Å². The van der Waals surface area contributed by atoms with Gasteiger partial charge in [0, 0.05) is 13.0 Å². The first-order chi connectivity index (χ1) is 32.3. The fraction of sp³-hybridized carbons (Fsp3) is 0.768. The minimum Gasteiger partial charge on any atom is -0.457 e. The SMILES string of the molecule is CC/C=C\C/C=C\C/C=C\C/C=C\CCCCCCCCCCCOCC(COP(=O)(O)OCC(O)CO)OC(=O)CCCCCCCCCCCCC/C=C\C/C=C\CCCCCCC. The monoisotopic (exact) mass is 949 g/mol. The maximum absolute atomic E-state index is 12.7. The smallest absolute Gasteiger partial charge is 0.457 e. The van der Waals surface area contributed by atoms with Crippen molar-refractivity contribution in [3.8, 4) is 0 Å².